The Balaban J connectivity index is 1.59. The van der Waals surface area contributed by atoms with Crippen LogP contribution >= 0.6 is 0 Å². The van der Waals surface area contributed by atoms with Crippen molar-refractivity contribution in [1.82, 2.24) is 9.88 Å². The molecule has 2 aromatic carbocycles. The lowest BCUT2D eigenvalue weighted by atomic mass is 10.2. The monoisotopic (exact) mass is 337 g/mol. The zero-order valence-electron chi connectivity index (χ0n) is 14.1. The average Bonchev–Trinajstić information content (AvgIpc) is 3.00. The van der Waals surface area contributed by atoms with E-state index in [9.17, 15) is 9.59 Å². The topological polar surface area (TPSA) is 72.4 Å². The Kier molecular flexibility index (Phi) is 4.70. The predicted octanol–water partition coefficient (Wildman–Crippen LogP) is 2.56. The Labute approximate surface area is 145 Å². The third-order valence-corrected chi connectivity index (χ3v) is 3.91. The van der Waals surface area contributed by atoms with Crippen LogP contribution in [0.15, 0.2) is 54.7 Å². The fourth-order valence-electron chi connectivity index (χ4n) is 2.57. The Morgan fingerprint density at radius 2 is 1.96 bits per heavy atom. The number of amides is 2. The van der Waals surface area contributed by atoms with Gasteiger partial charge in [0.05, 0.1) is 13.7 Å². The molecule has 0 atom stereocenters. The number of hydrogen-bond donors (Lipinski definition) is 2. The summed E-state index contributed by atoms with van der Waals surface area (Å²) in [4.78, 5) is 24.2. The van der Waals surface area contributed by atoms with Crippen LogP contribution in [0.5, 0.6) is 5.75 Å². The van der Waals surface area contributed by atoms with Crippen molar-refractivity contribution >= 4 is 28.4 Å². The van der Waals surface area contributed by atoms with E-state index in [4.69, 9.17) is 4.74 Å². The largest absolute Gasteiger partial charge is 0.497 e. The molecule has 0 aliphatic rings. The lowest BCUT2D eigenvalue weighted by molar-refractivity contribution is -0.115. The fourth-order valence-corrected chi connectivity index (χ4v) is 2.57. The van der Waals surface area contributed by atoms with Gasteiger partial charge in [-0.05, 0) is 41.8 Å². The summed E-state index contributed by atoms with van der Waals surface area (Å²) in [5, 5.41) is 6.49. The quantitative estimate of drug-likeness (QED) is 0.751. The van der Waals surface area contributed by atoms with Crippen molar-refractivity contribution in [3.8, 4) is 5.75 Å². The van der Waals surface area contributed by atoms with Crippen molar-refractivity contribution in [1.29, 1.82) is 0 Å². The minimum absolute atomic E-state index is 0.110. The van der Waals surface area contributed by atoms with Crippen LogP contribution in [-0.4, -0.2) is 30.0 Å². The standard InChI is InChI=1S/C19H19N3O3/c1-22-9-8-13-6-7-15(11-17(13)22)21-18(23)12-20-19(24)14-4-3-5-16(10-14)25-2/h3-11H,12H2,1-2H3,(H,20,24)(H,21,23). The van der Waals surface area contributed by atoms with Gasteiger partial charge < -0.3 is 19.9 Å². The van der Waals surface area contributed by atoms with Gasteiger partial charge in [-0.3, -0.25) is 9.59 Å². The second-order valence-corrected chi connectivity index (χ2v) is 5.66. The Morgan fingerprint density at radius 1 is 1.12 bits per heavy atom. The van der Waals surface area contributed by atoms with Gasteiger partial charge in [-0.1, -0.05) is 12.1 Å². The zero-order valence-corrected chi connectivity index (χ0v) is 14.1. The highest BCUT2D eigenvalue weighted by molar-refractivity contribution is 6.00. The van der Waals surface area contributed by atoms with E-state index in [2.05, 4.69) is 10.6 Å². The first-order valence-corrected chi connectivity index (χ1v) is 7.84. The summed E-state index contributed by atoms with van der Waals surface area (Å²) < 4.78 is 7.07. The molecule has 0 saturated heterocycles. The highest BCUT2D eigenvalue weighted by Crippen LogP contribution is 2.19. The van der Waals surface area contributed by atoms with Crippen LogP contribution in [-0.2, 0) is 11.8 Å². The van der Waals surface area contributed by atoms with Gasteiger partial charge in [0.15, 0.2) is 0 Å². The number of nitrogens with zero attached hydrogens (tertiary/aromatic N) is 1. The zero-order chi connectivity index (χ0) is 17.8. The van der Waals surface area contributed by atoms with E-state index in [1.807, 2.05) is 42.1 Å². The van der Waals surface area contributed by atoms with Crippen LogP contribution in [0.3, 0.4) is 0 Å². The Morgan fingerprint density at radius 3 is 2.76 bits per heavy atom. The number of carbonyl (C=O) groups excluding carboxylic acids is 2. The first-order valence-electron chi connectivity index (χ1n) is 7.84. The Bertz CT molecular complexity index is 931. The van der Waals surface area contributed by atoms with Crippen LogP contribution in [0.1, 0.15) is 10.4 Å². The van der Waals surface area contributed by atoms with Crippen molar-refractivity contribution in [3.63, 3.8) is 0 Å². The summed E-state index contributed by atoms with van der Waals surface area (Å²) in [6, 6.07) is 14.5. The van der Waals surface area contributed by atoms with Crippen molar-refractivity contribution in [3.05, 3.63) is 60.3 Å². The molecule has 2 N–H and O–H groups in total. The van der Waals surface area contributed by atoms with Crippen LogP contribution in [0.4, 0.5) is 5.69 Å². The number of carbonyl (C=O) groups is 2. The first kappa shape index (κ1) is 16.6. The fraction of sp³-hybridized carbons (Fsp3) is 0.158. The number of methoxy groups -OCH3 is 1. The van der Waals surface area contributed by atoms with E-state index >= 15 is 0 Å². The molecule has 0 fully saturated rings. The minimum atomic E-state index is -0.327. The average molecular weight is 337 g/mol. The van der Waals surface area contributed by atoms with E-state index < -0.39 is 0 Å². The van der Waals surface area contributed by atoms with E-state index in [1.54, 1.807) is 24.3 Å². The molecule has 0 aliphatic heterocycles. The summed E-state index contributed by atoms with van der Waals surface area (Å²) in [5.74, 6) is -0.0234. The van der Waals surface area contributed by atoms with Crippen molar-refractivity contribution in [2.75, 3.05) is 19.0 Å². The lowest BCUT2D eigenvalue weighted by Crippen LogP contribution is -2.32. The molecule has 3 aromatic rings. The first-order chi connectivity index (χ1) is 12.1. The lowest BCUT2D eigenvalue weighted by Gasteiger charge is -2.08. The number of anilines is 1. The van der Waals surface area contributed by atoms with Gasteiger partial charge in [0, 0.05) is 30.0 Å². The molecule has 1 heterocycles. The minimum Gasteiger partial charge on any atom is -0.497 e. The van der Waals surface area contributed by atoms with E-state index in [0.717, 1.165) is 10.9 Å². The number of ether oxygens (including phenoxy) is 1. The summed E-state index contributed by atoms with van der Waals surface area (Å²) in [6.07, 6.45) is 1.96. The van der Waals surface area contributed by atoms with Crippen molar-refractivity contribution in [2.24, 2.45) is 7.05 Å². The highest BCUT2D eigenvalue weighted by atomic mass is 16.5. The van der Waals surface area contributed by atoms with Crippen LogP contribution in [0, 0.1) is 0 Å². The van der Waals surface area contributed by atoms with Gasteiger partial charge in [0.25, 0.3) is 5.91 Å². The van der Waals surface area contributed by atoms with Gasteiger partial charge >= 0.3 is 0 Å². The molecule has 0 spiro atoms. The molecule has 0 bridgehead atoms. The SMILES string of the molecule is COc1cccc(C(=O)NCC(=O)Nc2ccc3ccn(C)c3c2)c1. The van der Waals surface area contributed by atoms with Gasteiger partial charge in [-0.15, -0.1) is 0 Å². The van der Waals surface area contributed by atoms with Crippen LogP contribution in [0.2, 0.25) is 0 Å². The molecule has 6 heteroatoms. The number of rotatable bonds is 5. The number of nitrogens with one attached hydrogen (secondary N) is 2. The molecular weight excluding hydrogens is 318 g/mol. The normalized spacial score (nSPS) is 10.5. The molecule has 2 amide bonds. The number of hydrogen-bond acceptors (Lipinski definition) is 3. The summed E-state index contributed by atoms with van der Waals surface area (Å²) in [5.41, 5.74) is 2.16. The molecule has 0 unspecified atom stereocenters. The molecule has 0 radical (unpaired) electrons. The molecule has 0 aliphatic carbocycles. The second-order valence-electron chi connectivity index (χ2n) is 5.66. The molecule has 25 heavy (non-hydrogen) atoms. The number of benzene rings is 2. The van der Waals surface area contributed by atoms with E-state index in [-0.39, 0.29) is 18.4 Å². The molecule has 3 rings (SSSR count). The van der Waals surface area contributed by atoms with Crippen molar-refractivity contribution < 1.29 is 14.3 Å². The van der Waals surface area contributed by atoms with E-state index in [1.165, 1.54) is 7.11 Å². The number of fused-ring (bicyclic) bond motifs is 1. The third-order valence-electron chi connectivity index (χ3n) is 3.91. The van der Waals surface area contributed by atoms with Crippen molar-refractivity contribution in [2.45, 2.75) is 0 Å². The van der Waals surface area contributed by atoms with E-state index in [0.29, 0.717) is 17.0 Å². The smallest absolute Gasteiger partial charge is 0.251 e. The molecule has 6 nitrogen and oxygen atoms in total. The molecule has 128 valence electrons. The highest BCUT2D eigenvalue weighted by Gasteiger charge is 2.09. The molecule has 1 aromatic heterocycles. The number of aryl methyl sites for hydroxylation is 1. The Hall–Kier alpha value is -3.28. The molecule has 0 saturated carbocycles. The van der Waals surface area contributed by atoms with Crippen LogP contribution < -0.4 is 15.4 Å². The molecular formula is C19H19N3O3. The van der Waals surface area contributed by atoms with Crippen LogP contribution in [0.25, 0.3) is 10.9 Å². The summed E-state index contributed by atoms with van der Waals surface area (Å²) >= 11 is 0. The summed E-state index contributed by atoms with van der Waals surface area (Å²) in [6.45, 7) is -0.110. The maximum absolute atomic E-state index is 12.1. The second kappa shape index (κ2) is 7.09. The maximum Gasteiger partial charge on any atom is 0.251 e. The number of aromatic nitrogens is 1. The maximum atomic E-state index is 12.1. The van der Waals surface area contributed by atoms with Gasteiger partial charge in [0.2, 0.25) is 5.91 Å². The summed E-state index contributed by atoms with van der Waals surface area (Å²) in [7, 11) is 3.48. The predicted molar refractivity (Wildman–Crippen MR) is 96.9 cm³/mol. The third kappa shape index (κ3) is 3.80. The van der Waals surface area contributed by atoms with Gasteiger partial charge in [-0.25, -0.2) is 0 Å². The van der Waals surface area contributed by atoms with Gasteiger partial charge in [-0.2, -0.15) is 0 Å². The van der Waals surface area contributed by atoms with Gasteiger partial charge in [0.1, 0.15) is 5.75 Å².